The average Bonchev–Trinajstić information content (AvgIpc) is 3.17. The Balaban J connectivity index is 1.71. The highest BCUT2D eigenvalue weighted by Gasteiger charge is 2.17. The zero-order chi connectivity index (χ0) is 22.0. The second-order valence-corrected chi connectivity index (χ2v) is 9.25. The van der Waals surface area contributed by atoms with Crippen molar-refractivity contribution in [3.63, 3.8) is 0 Å². The minimum Gasteiger partial charge on any atom is -0.486 e. The molecule has 0 unspecified atom stereocenters. The third-order valence-corrected chi connectivity index (χ3v) is 6.40. The summed E-state index contributed by atoms with van der Waals surface area (Å²) in [6.07, 6.45) is 0. The topological polar surface area (TPSA) is 82.3 Å². The van der Waals surface area contributed by atoms with Crippen molar-refractivity contribution >= 4 is 21.4 Å². The Labute approximate surface area is 181 Å². The number of nitrogens with zero attached hydrogens (tertiary/aromatic N) is 1. The number of ether oxygens (including phenoxy) is 1. The van der Waals surface area contributed by atoms with E-state index in [0.717, 1.165) is 10.4 Å². The second kappa shape index (κ2) is 8.54. The van der Waals surface area contributed by atoms with Crippen LogP contribution in [0.25, 0.3) is 21.7 Å². The summed E-state index contributed by atoms with van der Waals surface area (Å²) < 4.78 is 55.5. The van der Waals surface area contributed by atoms with Crippen LogP contribution in [0.1, 0.15) is 5.01 Å². The molecule has 0 fully saturated rings. The van der Waals surface area contributed by atoms with E-state index in [1.165, 1.54) is 47.7 Å². The fourth-order valence-corrected chi connectivity index (χ4v) is 4.44. The van der Waals surface area contributed by atoms with E-state index in [-0.39, 0.29) is 17.3 Å². The first-order chi connectivity index (χ1) is 14.8. The Kier molecular flexibility index (Phi) is 5.81. The number of aromatic nitrogens is 1. The number of halogens is 2. The van der Waals surface area contributed by atoms with Crippen molar-refractivity contribution in [3.05, 3.63) is 89.4 Å². The number of rotatable bonds is 6. The van der Waals surface area contributed by atoms with Crippen LogP contribution in [-0.4, -0.2) is 13.4 Å². The van der Waals surface area contributed by atoms with Crippen LogP contribution < -0.4 is 9.88 Å². The number of benzene rings is 3. The average molecular weight is 459 g/mol. The molecule has 9 heteroatoms. The van der Waals surface area contributed by atoms with Gasteiger partial charge in [0.1, 0.15) is 29.0 Å². The Morgan fingerprint density at radius 3 is 2.23 bits per heavy atom. The van der Waals surface area contributed by atoms with Gasteiger partial charge in [-0.25, -0.2) is 27.3 Å². The maximum absolute atomic E-state index is 13.4. The van der Waals surface area contributed by atoms with Crippen LogP contribution in [0, 0.1) is 11.6 Å². The molecule has 0 bridgehead atoms. The summed E-state index contributed by atoms with van der Waals surface area (Å²) in [5.74, 6) is -0.390. The van der Waals surface area contributed by atoms with Gasteiger partial charge in [0.2, 0.25) is 10.0 Å². The zero-order valence-electron chi connectivity index (χ0n) is 16.0. The van der Waals surface area contributed by atoms with E-state index in [4.69, 9.17) is 9.88 Å². The summed E-state index contributed by atoms with van der Waals surface area (Å²) in [4.78, 5) is 5.39. The monoisotopic (exact) mass is 458 g/mol. The molecule has 0 saturated heterocycles. The van der Waals surface area contributed by atoms with Crippen LogP contribution >= 0.6 is 11.3 Å². The first-order valence-corrected chi connectivity index (χ1v) is 11.4. The van der Waals surface area contributed by atoms with Crippen molar-refractivity contribution in [1.29, 1.82) is 0 Å². The number of primary sulfonamides is 1. The SMILES string of the molecule is NS(=O)(=O)c1ccc(-c2nc(COc3cccc(F)c3)sc2-c2ccc(F)cc2)cc1. The van der Waals surface area contributed by atoms with E-state index in [1.807, 2.05) is 0 Å². The molecule has 1 aromatic heterocycles. The van der Waals surface area contributed by atoms with E-state index < -0.39 is 15.8 Å². The Morgan fingerprint density at radius 1 is 0.903 bits per heavy atom. The molecule has 0 saturated carbocycles. The van der Waals surface area contributed by atoms with Gasteiger partial charge in [0.05, 0.1) is 15.5 Å². The molecule has 158 valence electrons. The zero-order valence-corrected chi connectivity index (χ0v) is 17.6. The standard InChI is InChI=1S/C22H16F2N2O3S2/c23-16-8-4-15(5-9-16)22-21(14-6-10-19(11-7-14)31(25,27)28)26-20(30-22)13-29-18-3-1-2-17(24)12-18/h1-12H,13H2,(H2,25,27,28). The van der Waals surface area contributed by atoms with Gasteiger partial charge in [-0.2, -0.15) is 0 Å². The van der Waals surface area contributed by atoms with Crippen LogP contribution in [0.4, 0.5) is 8.78 Å². The van der Waals surface area contributed by atoms with Crippen LogP contribution in [0.15, 0.2) is 77.7 Å². The minimum atomic E-state index is -3.82. The van der Waals surface area contributed by atoms with Gasteiger partial charge in [-0.3, -0.25) is 0 Å². The maximum atomic E-state index is 13.4. The molecule has 0 aliphatic carbocycles. The molecule has 0 spiro atoms. The van der Waals surface area contributed by atoms with Crippen molar-refractivity contribution in [2.24, 2.45) is 5.14 Å². The quantitative estimate of drug-likeness (QED) is 0.442. The molecular formula is C22H16F2N2O3S2. The van der Waals surface area contributed by atoms with Crippen LogP contribution in [0.5, 0.6) is 5.75 Å². The summed E-state index contributed by atoms with van der Waals surface area (Å²) in [5, 5.41) is 5.79. The lowest BCUT2D eigenvalue weighted by atomic mass is 10.1. The number of thiazole rings is 1. The van der Waals surface area contributed by atoms with Crippen molar-refractivity contribution in [2.75, 3.05) is 0 Å². The second-order valence-electron chi connectivity index (χ2n) is 6.61. The molecule has 0 radical (unpaired) electrons. The van der Waals surface area contributed by atoms with Crippen LogP contribution in [0.2, 0.25) is 0 Å². The van der Waals surface area contributed by atoms with Gasteiger partial charge < -0.3 is 4.74 Å². The smallest absolute Gasteiger partial charge is 0.238 e. The first-order valence-electron chi connectivity index (χ1n) is 9.07. The fourth-order valence-electron chi connectivity index (χ4n) is 2.92. The Hall–Kier alpha value is -3.14. The van der Waals surface area contributed by atoms with Gasteiger partial charge in [0.15, 0.2) is 0 Å². The van der Waals surface area contributed by atoms with Crippen molar-refractivity contribution in [2.45, 2.75) is 11.5 Å². The van der Waals surface area contributed by atoms with E-state index in [2.05, 4.69) is 4.98 Å². The van der Waals surface area contributed by atoms with Crippen LogP contribution in [0.3, 0.4) is 0 Å². The van der Waals surface area contributed by atoms with Gasteiger partial charge in [-0.1, -0.05) is 30.3 Å². The molecule has 4 rings (SSSR count). The summed E-state index contributed by atoms with van der Waals surface area (Å²) in [6.45, 7) is 0.109. The molecular weight excluding hydrogens is 442 g/mol. The fraction of sp³-hybridized carbons (Fsp3) is 0.0455. The Morgan fingerprint density at radius 2 is 1.58 bits per heavy atom. The molecule has 1 heterocycles. The van der Waals surface area contributed by atoms with Crippen molar-refractivity contribution in [1.82, 2.24) is 4.98 Å². The molecule has 2 N–H and O–H groups in total. The number of nitrogens with two attached hydrogens (primary N) is 1. The highest BCUT2D eigenvalue weighted by atomic mass is 32.2. The minimum absolute atomic E-state index is 0.00975. The highest BCUT2D eigenvalue weighted by Crippen LogP contribution is 2.37. The van der Waals surface area contributed by atoms with Crippen LogP contribution in [-0.2, 0) is 16.6 Å². The molecule has 0 aliphatic heterocycles. The van der Waals surface area contributed by atoms with E-state index >= 15 is 0 Å². The molecule has 0 aliphatic rings. The number of sulfonamides is 1. The third kappa shape index (κ3) is 4.96. The molecule has 3 aromatic carbocycles. The first kappa shape index (κ1) is 21.1. The van der Waals surface area contributed by atoms with E-state index in [9.17, 15) is 17.2 Å². The summed E-state index contributed by atoms with van der Waals surface area (Å²) in [5.41, 5.74) is 2.01. The molecule has 5 nitrogen and oxygen atoms in total. The number of hydrogen-bond donors (Lipinski definition) is 1. The van der Waals surface area contributed by atoms with Gasteiger partial charge in [0, 0.05) is 11.6 Å². The summed E-state index contributed by atoms with van der Waals surface area (Å²) in [6, 6.07) is 17.8. The third-order valence-electron chi connectivity index (χ3n) is 4.39. The van der Waals surface area contributed by atoms with E-state index in [1.54, 1.807) is 36.4 Å². The molecule has 4 aromatic rings. The highest BCUT2D eigenvalue weighted by molar-refractivity contribution is 7.89. The largest absolute Gasteiger partial charge is 0.486 e. The lowest BCUT2D eigenvalue weighted by Gasteiger charge is -2.04. The lowest BCUT2D eigenvalue weighted by Crippen LogP contribution is -2.11. The predicted molar refractivity (Wildman–Crippen MR) is 115 cm³/mol. The molecule has 31 heavy (non-hydrogen) atoms. The van der Waals surface area contributed by atoms with Gasteiger partial charge in [-0.15, -0.1) is 11.3 Å². The normalized spacial score (nSPS) is 11.5. The predicted octanol–water partition coefficient (Wildman–Crippen LogP) is 4.98. The summed E-state index contributed by atoms with van der Waals surface area (Å²) >= 11 is 1.35. The van der Waals surface area contributed by atoms with Crippen molar-refractivity contribution in [3.8, 4) is 27.4 Å². The summed E-state index contributed by atoms with van der Waals surface area (Å²) in [7, 11) is -3.82. The van der Waals surface area contributed by atoms with Gasteiger partial charge in [-0.05, 0) is 42.0 Å². The number of hydrogen-bond acceptors (Lipinski definition) is 5. The Bertz CT molecular complexity index is 1320. The van der Waals surface area contributed by atoms with Crippen molar-refractivity contribution < 1.29 is 21.9 Å². The lowest BCUT2D eigenvalue weighted by molar-refractivity contribution is 0.304. The van der Waals surface area contributed by atoms with Gasteiger partial charge >= 0.3 is 0 Å². The van der Waals surface area contributed by atoms with Gasteiger partial charge in [0.25, 0.3) is 0 Å². The molecule has 0 atom stereocenters. The molecule has 0 amide bonds. The maximum Gasteiger partial charge on any atom is 0.238 e. The van der Waals surface area contributed by atoms with E-state index in [0.29, 0.717) is 22.0 Å².